The predicted octanol–water partition coefficient (Wildman–Crippen LogP) is -3.37. The van der Waals surface area contributed by atoms with Crippen molar-refractivity contribution in [1.29, 1.82) is 0 Å². The second-order valence-electron chi connectivity index (χ2n) is 6.09. The fourth-order valence-corrected chi connectivity index (χ4v) is 2.17. The Labute approximate surface area is 171 Å². The SMILES string of the molecule is O=C(O)CCNC(=O)CNC(=O)CNC(=O)CNC(=O)CCCN1C(=O)C=CC1=O. The number of rotatable bonds is 13. The summed E-state index contributed by atoms with van der Waals surface area (Å²) in [6, 6.07) is 0. The van der Waals surface area contributed by atoms with E-state index in [4.69, 9.17) is 5.11 Å². The molecule has 0 aromatic rings. The Morgan fingerprint density at radius 2 is 1.20 bits per heavy atom. The van der Waals surface area contributed by atoms with Gasteiger partial charge in [0.05, 0.1) is 26.1 Å². The molecule has 0 aromatic carbocycles. The van der Waals surface area contributed by atoms with Gasteiger partial charge in [-0.15, -0.1) is 0 Å². The van der Waals surface area contributed by atoms with Crippen LogP contribution in [0, 0.1) is 0 Å². The topological polar surface area (TPSA) is 191 Å². The second kappa shape index (κ2) is 12.6. The molecule has 30 heavy (non-hydrogen) atoms. The first-order valence-electron chi connectivity index (χ1n) is 9.01. The van der Waals surface area contributed by atoms with E-state index in [9.17, 15) is 33.6 Å². The largest absolute Gasteiger partial charge is 0.481 e. The van der Waals surface area contributed by atoms with E-state index >= 15 is 0 Å². The zero-order valence-electron chi connectivity index (χ0n) is 16.1. The monoisotopic (exact) mass is 425 g/mol. The van der Waals surface area contributed by atoms with E-state index in [1.165, 1.54) is 0 Å². The third kappa shape index (κ3) is 9.96. The van der Waals surface area contributed by atoms with Gasteiger partial charge in [-0.2, -0.15) is 0 Å². The van der Waals surface area contributed by atoms with Gasteiger partial charge >= 0.3 is 5.97 Å². The summed E-state index contributed by atoms with van der Waals surface area (Å²) < 4.78 is 0. The van der Waals surface area contributed by atoms with E-state index in [0.717, 1.165) is 17.1 Å². The molecular weight excluding hydrogens is 402 g/mol. The van der Waals surface area contributed by atoms with Crippen molar-refractivity contribution >= 4 is 41.4 Å². The van der Waals surface area contributed by atoms with Crippen LogP contribution in [0.25, 0.3) is 0 Å². The summed E-state index contributed by atoms with van der Waals surface area (Å²) in [4.78, 5) is 80.2. The summed E-state index contributed by atoms with van der Waals surface area (Å²) in [6.45, 7) is -1.13. The van der Waals surface area contributed by atoms with Crippen molar-refractivity contribution in [3.63, 3.8) is 0 Å². The van der Waals surface area contributed by atoms with Crippen LogP contribution in [0.1, 0.15) is 19.3 Å². The molecular formula is C17H23N5O8. The number of aliphatic carboxylic acids is 1. The van der Waals surface area contributed by atoms with Crippen molar-refractivity contribution < 1.29 is 38.7 Å². The number of carboxylic acids is 1. The average Bonchev–Trinajstić information content (AvgIpc) is 3.00. The third-order valence-electron chi connectivity index (χ3n) is 3.69. The third-order valence-corrected chi connectivity index (χ3v) is 3.69. The number of hydrogen-bond acceptors (Lipinski definition) is 7. The number of amides is 6. The maximum Gasteiger partial charge on any atom is 0.305 e. The van der Waals surface area contributed by atoms with Crippen LogP contribution in [0.15, 0.2) is 12.2 Å². The summed E-state index contributed by atoms with van der Waals surface area (Å²) in [5.41, 5.74) is 0. The summed E-state index contributed by atoms with van der Waals surface area (Å²) in [6.07, 6.45) is 2.29. The van der Waals surface area contributed by atoms with Gasteiger partial charge in [-0.25, -0.2) is 0 Å². The van der Waals surface area contributed by atoms with Gasteiger partial charge in [0.25, 0.3) is 11.8 Å². The van der Waals surface area contributed by atoms with Crippen molar-refractivity contribution in [3.8, 4) is 0 Å². The summed E-state index contributed by atoms with van der Waals surface area (Å²) in [7, 11) is 0. The first kappa shape index (κ1) is 24.3. The number of hydrogen-bond donors (Lipinski definition) is 5. The van der Waals surface area contributed by atoms with Crippen molar-refractivity contribution in [1.82, 2.24) is 26.2 Å². The normalized spacial score (nSPS) is 12.5. The quantitative estimate of drug-likeness (QED) is 0.189. The van der Waals surface area contributed by atoms with Crippen LogP contribution in [0.4, 0.5) is 0 Å². The molecule has 13 nitrogen and oxygen atoms in total. The van der Waals surface area contributed by atoms with E-state index in [2.05, 4.69) is 21.3 Å². The van der Waals surface area contributed by atoms with E-state index in [1.807, 2.05) is 0 Å². The van der Waals surface area contributed by atoms with Crippen LogP contribution in [0.2, 0.25) is 0 Å². The number of carboxylic acid groups (broad SMARTS) is 1. The summed E-state index contributed by atoms with van der Waals surface area (Å²) in [5.74, 6) is -4.24. The van der Waals surface area contributed by atoms with Gasteiger partial charge < -0.3 is 26.4 Å². The Morgan fingerprint density at radius 1 is 0.733 bits per heavy atom. The average molecular weight is 425 g/mol. The van der Waals surface area contributed by atoms with Gasteiger partial charge in [-0.1, -0.05) is 0 Å². The van der Waals surface area contributed by atoms with Crippen molar-refractivity contribution in [2.75, 3.05) is 32.7 Å². The molecule has 0 saturated carbocycles. The maximum absolute atomic E-state index is 11.7. The molecule has 5 N–H and O–H groups in total. The highest BCUT2D eigenvalue weighted by Gasteiger charge is 2.22. The number of nitrogens with zero attached hydrogens (tertiary/aromatic N) is 1. The highest BCUT2D eigenvalue weighted by Crippen LogP contribution is 2.05. The molecule has 1 rings (SSSR count). The minimum Gasteiger partial charge on any atom is -0.481 e. The standard InChI is InChI=1S/C17H23N5O8/c23-11(2-1-7-22-15(27)3-4-16(22)28)19-9-13(25)21-10-14(26)20-8-12(24)18-6-5-17(29)30/h3-4H,1-2,5-10H2,(H,18,24)(H,19,23)(H,20,26)(H,21,25)(H,29,30). The van der Waals surface area contributed by atoms with Gasteiger partial charge in [-0.3, -0.25) is 38.5 Å². The molecule has 1 aliphatic heterocycles. The van der Waals surface area contributed by atoms with Gasteiger partial charge in [0.15, 0.2) is 0 Å². The molecule has 0 aromatic heterocycles. The Kier molecular flexibility index (Phi) is 10.2. The highest BCUT2D eigenvalue weighted by molar-refractivity contribution is 6.12. The summed E-state index contributed by atoms with van der Waals surface area (Å²) >= 11 is 0. The second-order valence-corrected chi connectivity index (χ2v) is 6.09. The molecule has 0 bridgehead atoms. The number of nitrogens with one attached hydrogen (secondary N) is 4. The lowest BCUT2D eigenvalue weighted by molar-refractivity contribution is -0.138. The number of imide groups is 1. The highest BCUT2D eigenvalue weighted by atomic mass is 16.4. The molecule has 164 valence electrons. The molecule has 0 radical (unpaired) electrons. The van der Waals surface area contributed by atoms with Crippen LogP contribution in [0.5, 0.6) is 0 Å². The minimum absolute atomic E-state index is 0.00180. The van der Waals surface area contributed by atoms with E-state index < -0.39 is 48.0 Å². The van der Waals surface area contributed by atoms with Gasteiger partial charge in [0.2, 0.25) is 23.6 Å². The lowest BCUT2D eigenvalue weighted by Crippen LogP contribution is -2.44. The molecule has 1 heterocycles. The fourth-order valence-electron chi connectivity index (χ4n) is 2.17. The summed E-state index contributed by atoms with van der Waals surface area (Å²) in [5, 5.41) is 17.6. The van der Waals surface area contributed by atoms with Crippen molar-refractivity contribution in [2.45, 2.75) is 19.3 Å². The van der Waals surface area contributed by atoms with E-state index in [1.54, 1.807) is 0 Å². The van der Waals surface area contributed by atoms with Gasteiger partial charge in [0, 0.05) is 31.7 Å². The van der Waals surface area contributed by atoms with Crippen LogP contribution in [-0.4, -0.2) is 84.1 Å². The molecule has 0 unspecified atom stereocenters. The predicted molar refractivity (Wildman–Crippen MR) is 99.4 cm³/mol. The fraction of sp³-hybridized carbons (Fsp3) is 0.471. The van der Waals surface area contributed by atoms with Gasteiger partial charge in [0.1, 0.15) is 0 Å². The molecule has 0 atom stereocenters. The molecule has 0 spiro atoms. The molecule has 0 fully saturated rings. The van der Waals surface area contributed by atoms with E-state index in [0.29, 0.717) is 0 Å². The van der Waals surface area contributed by atoms with Crippen molar-refractivity contribution in [2.24, 2.45) is 0 Å². The van der Waals surface area contributed by atoms with Crippen molar-refractivity contribution in [3.05, 3.63) is 12.2 Å². The maximum atomic E-state index is 11.7. The minimum atomic E-state index is -1.07. The molecule has 13 heteroatoms. The lowest BCUT2D eigenvalue weighted by Gasteiger charge is -2.13. The number of carbonyl (C=O) groups is 7. The van der Waals surface area contributed by atoms with Crippen LogP contribution < -0.4 is 21.3 Å². The Morgan fingerprint density at radius 3 is 1.70 bits per heavy atom. The van der Waals surface area contributed by atoms with Crippen LogP contribution in [-0.2, 0) is 33.6 Å². The zero-order chi connectivity index (χ0) is 22.5. The van der Waals surface area contributed by atoms with Gasteiger partial charge in [-0.05, 0) is 6.42 Å². The smallest absolute Gasteiger partial charge is 0.305 e. The van der Waals surface area contributed by atoms with Crippen LogP contribution in [0.3, 0.4) is 0 Å². The molecule has 0 aliphatic carbocycles. The molecule has 1 aliphatic rings. The first-order chi connectivity index (χ1) is 14.2. The Hall–Kier alpha value is -3.77. The van der Waals surface area contributed by atoms with Crippen LogP contribution >= 0.6 is 0 Å². The number of carbonyl (C=O) groups excluding carboxylic acids is 6. The van der Waals surface area contributed by atoms with E-state index in [-0.39, 0.29) is 45.4 Å². The first-order valence-corrected chi connectivity index (χ1v) is 9.01. The Bertz CT molecular complexity index is 730. The zero-order valence-corrected chi connectivity index (χ0v) is 16.1. The lowest BCUT2D eigenvalue weighted by atomic mass is 10.2. The Balaban J connectivity index is 2.08. The molecule has 6 amide bonds. The molecule has 0 saturated heterocycles.